The van der Waals surface area contributed by atoms with Crippen LogP contribution in [-0.2, 0) is 17.8 Å². The number of aryl methyl sites for hydroxylation is 1. The summed E-state index contributed by atoms with van der Waals surface area (Å²) in [7, 11) is 1.37. The van der Waals surface area contributed by atoms with Gasteiger partial charge >= 0.3 is 5.97 Å². The molecule has 0 amide bonds. The average molecular weight is 209 g/mol. The molecule has 0 atom stereocenters. The summed E-state index contributed by atoms with van der Waals surface area (Å²) in [5.41, 5.74) is 1.45. The smallest absolute Gasteiger partial charge is 0.358 e. The van der Waals surface area contributed by atoms with Gasteiger partial charge in [0.2, 0.25) is 0 Å². The lowest BCUT2D eigenvalue weighted by Crippen LogP contribution is -2.21. The van der Waals surface area contributed by atoms with Crippen molar-refractivity contribution in [3.63, 3.8) is 0 Å². The molecule has 2 heterocycles. The first-order chi connectivity index (χ1) is 7.31. The molecule has 0 saturated carbocycles. The second-order valence-electron chi connectivity index (χ2n) is 3.62. The maximum atomic E-state index is 11.3. The van der Waals surface area contributed by atoms with Gasteiger partial charge in [-0.3, -0.25) is 4.68 Å². The third kappa shape index (κ3) is 2.18. The third-order valence-electron chi connectivity index (χ3n) is 2.54. The number of methoxy groups -OCH3 is 1. The predicted octanol–water partition coefficient (Wildman–Crippen LogP) is 0.553. The summed E-state index contributed by atoms with van der Waals surface area (Å²) >= 11 is 0. The van der Waals surface area contributed by atoms with E-state index < -0.39 is 0 Å². The van der Waals surface area contributed by atoms with E-state index in [1.165, 1.54) is 7.11 Å². The Hall–Kier alpha value is -1.36. The third-order valence-corrected chi connectivity index (χ3v) is 2.54. The van der Waals surface area contributed by atoms with Crippen LogP contribution in [0.2, 0.25) is 0 Å². The summed E-state index contributed by atoms with van der Waals surface area (Å²) in [5, 5.41) is 7.53. The first-order valence-electron chi connectivity index (χ1n) is 5.17. The van der Waals surface area contributed by atoms with E-state index in [4.69, 9.17) is 0 Å². The highest BCUT2D eigenvalue weighted by Crippen LogP contribution is 2.09. The monoisotopic (exact) mass is 209 g/mol. The maximum Gasteiger partial charge on any atom is 0.358 e. The van der Waals surface area contributed by atoms with E-state index in [1.807, 2.05) is 4.68 Å². The van der Waals surface area contributed by atoms with E-state index in [9.17, 15) is 4.79 Å². The van der Waals surface area contributed by atoms with Crippen molar-refractivity contribution in [1.82, 2.24) is 15.1 Å². The Bertz CT molecular complexity index is 334. The van der Waals surface area contributed by atoms with Crippen LogP contribution in [0.3, 0.4) is 0 Å². The van der Waals surface area contributed by atoms with Crippen LogP contribution >= 0.6 is 0 Å². The van der Waals surface area contributed by atoms with Gasteiger partial charge < -0.3 is 10.1 Å². The highest BCUT2D eigenvalue weighted by atomic mass is 16.5. The number of ether oxygens (including phenoxy) is 1. The molecular weight excluding hydrogens is 194 g/mol. The number of rotatable bonds is 1. The maximum absolute atomic E-state index is 11.3. The number of hydrogen-bond donors (Lipinski definition) is 1. The first kappa shape index (κ1) is 10.2. The van der Waals surface area contributed by atoms with Gasteiger partial charge in [0.1, 0.15) is 0 Å². The van der Waals surface area contributed by atoms with Crippen LogP contribution < -0.4 is 5.32 Å². The largest absolute Gasteiger partial charge is 0.464 e. The lowest BCUT2D eigenvalue weighted by atomic mass is 10.2. The molecule has 1 aromatic heterocycles. The molecule has 0 fully saturated rings. The number of carbonyl (C=O) groups is 1. The molecule has 0 radical (unpaired) electrons. The van der Waals surface area contributed by atoms with Gasteiger partial charge in [-0.15, -0.1) is 0 Å². The summed E-state index contributed by atoms with van der Waals surface area (Å²) in [5.74, 6) is -0.366. The molecule has 1 aliphatic heterocycles. The van der Waals surface area contributed by atoms with E-state index in [1.54, 1.807) is 6.07 Å². The Morgan fingerprint density at radius 2 is 2.47 bits per heavy atom. The fourth-order valence-electron chi connectivity index (χ4n) is 1.72. The van der Waals surface area contributed by atoms with Crippen molar-refractivity contribution < 1.29 is 9.53 Å². The zero-order valence-electron chi connectivity index (χ0n) is 8.82. The molecule has 5 nitrogen and oxygen atoms in total. The number of aromatic nitrogens is 2. The van der Waals surface area contributed by atoms with Gasteiger partial charge in [-0.1, -0.05) is 0 Å². The Kier molecular flexibility index (Phi) is 3.01. The molecule has 0 unspecified atom stereocenters. The zero-order chi connectivity index (χ0) is 10.7. The second-order valence-corrected chi connectivity index (χ2v) is 3.62. The summed E-state index contributed by atoms with van der Waals surface area (Å²) in [6.45, 7) is 2.68. The molecule has 5 heteroatoms. The first-order valence-corrected chi connectivity index (χ1v) is 5.17. The summed E-state index contributed by atoms with van der Waals surface area (Å²) in [6, 6.07) is 1.80. The van der Waals surface area contributed by atoms with Gasteiger partial charge in [-0.05, 0) is 25.5 Å². The van der Waals surface area contributed by atoms with Crippen molar-refractivity contribution in [3.8, 4) is 0 Å². The number of nitrogens with one attached hydrogen (secondary N) is 1. The highest BCUT2D eigenvalue weighted by molar-refractivity contribution is 5.87. The van der Waals surface area contributed by atoms with Crippen LogP contribution in [0.1, 0.15) is 29.0 Å². The van der Waals surface area contributed by atoms with Gasteiger partial charge in [0, 0.05) is 13.1 Å². The number of nitrogens with zero attached hydrogens (tertiary/aromatic N) is 2. The standard InChI is InChI=1S/C10H15N3O2/c1-15-10(14)9-6-8-7-11-4-2-3-5-13(8)12-9/h6,11H,2-5,7H2,1H3. The average Bonchev–Trinajstić information content (AvgIpc) is 2.60. The Morgan fingerprint density at radius 1 is 1.60 bits per heavy atom. The minimum absolute atomic E-state index is 0.366. The second kappa shape index (κ2) is 4.44. The number of esters is 1. The van der Waals surface area contributed by atoms with E-state index in [0.717, 1.165) is 38.2 Å². The number of carbonyl (C=O) groups excluding carboxylic acids is 1. The molecule has 0 saturated heterocycles. The van der Waals surface area contributed by atoms with Gasteiger partial charge in [0.25, 0.3) is 0 Å². The van der Waals surface area contributed by atoms with Crippen molar-refractivity contribution in [2.75, 3.05) is 13.7 Å². The van der Waals surface area contributed by atoms with E-state index in [0.29, 0.717) is 5.69 Å². The van der Waals surface area contributed by atoms with E-state index >= 15 is 0 Å². The Labute approximate surface area is 88.4 Å². The molecule has 15 heavy (non-hydrogen) atoms. The molecule has 2 rings (SSSR count). The van der Waals surface area contributed by atoms with Crippen molar-refractivity contribution in [3.05, 3.63) is 17.5 Å². The molecular formula is C10H15N3O2. The zero-order valence-corrected chi connectivity index (χ0v) is 8.82. The van der Waals surface area contributed by atoms with Crippen LogP contribution in [0.15, 0.2) is 6.07 Å². The van der Waals surface area contributed by atoms with Crippen LogP contribution in [0.4, 0.5) is 0 Å². The van der Waals surface area contributed by atoms with Gasteiger partial charge in [0.05, 0.1) is 12.8 Å². The van der Waals surface area contributed by atoms with E-state index in [2.05, 4.69) is 15.2 Å². The van der Waals surface area contributed by atoms with Gasteiger partial charge in [-0.25, -0.2) is 4.79 Å². The summed E-state index contributed by atoms with van der Waals surface area (Å²) in [4.78, 5) is 11.3. The molecule has 0 spiro atoms. The molecule has 1 aliphatic rings. The van der Waals surface area contributed by atoms with Crippen molar-refractivity contribution >= 4 is 5.97 Å². The van der Waals surface area contributed by atoms with Crippen molar-refractivity contribution in [2.24, 2.45) is 0 Å². The minimum atomic E-state index is -0.366. The van der Waals surface area contributed by atoms with E-state index in [-0.39, 0.29) is 5.97 Å². The van der Waals surface area contributed by atoms with Crippen molar-refractivity contribution in [1.29, 1.82) is 0 Å². The molecule has 1 aromatic rings. The van der Waals surface area contributed by atoms with Gasteiger partial charge in [-0.2, -0.15) is 5.10 Å². The number of hydrogen-bond acceptors (Lipinski definition) is 4. The fourth-order valence-corrected chi connectivity index (χ4v) is 1.72. The topological polar surface area (TPSA) is 56.2 Å². The Balaban J connectivity index is 2.23. The molecule has 0 aromatic carbocycles. The summed E-state index contributed by atoms with van der Waals surface area (Å²) in [6.07, 6.45) is 2.23. The van der Waals surface area contributed by atoms with Crippen LogP contribution in [0.25, 0.3) is 0 Å². The van der Waals surface area contributed by atoms with Crippen LogP contribution in [-0.4, -0.2) is 29.4 Å². The lowest BCUT2D eigenvalue weighted by molar-refractivity contribution is 0.0593. The lowest BCUT2D eigenvalue weighted by Gasteiger charge is -2.12. The van der Waals surface area contributed by atoms with Crippen molar-refractivity contribution in [2.45, 2.75) is 25.9 Å². The molecule has 1 N–H and O–H groups in total. The predicted molar refractivity (Wildman–Crippen MR) is 54.5 cm³/mol. The van der Waals surface area contributed by atoms with Crippen LogP contribution in [0.5, 0.6) is 0 Å². The van der Waals surface area contributed by atoms with Gasteiger partial charge in [0.15, 0.2) is 5.69 Å². The Morgan fingerprint density at radius 3 is 3.27 bits per heavy atom. The fraction of sp³-hybridized carbons (Fsp3) is 0.600. The number of fused-ring (bicyclic) bond motifs is 1. The quantitative estimate of drug-likeness (QED) is 0.686. The highest BCUT2D eigenvalue weighted by Gasteiger charge is 2.15. The summed E-state index contributed by atoms with van der Waals surface area (Å²) < 4.78 is 6.53. The normalized spacial score (nSPS) is 16.3. The SMILES string of the molecule is COC(=O)c1cc2n(n1)CCCCNC2. The minimum Gasteiger partial charge on any atom is -0.464 e. The molecule has 82 valence electrons. The molecule has 0 bridgehead atoms. The molecule has 0 aliphatic carbocycles. The van der Waals surface area contributed by atoms with Crippen LogP contribution in [0, 0.1) is 0 Å².